The summed E-state index contributed by atoms with van der Waals surface area (Å²) in [6, 6.07) is 0. The fourth-order valence-corrected chi connectivity index (χ4v) is 8.83. The van der Waals surface area contributed by atoms with Crippen LogP contribution in [0, 0.1) is 52.3 Å². The van der Waals surface area contributed by atoms with Gasteiger partial charge in [-0.15, -0.1) is 0 Å². The minimum atomic E-state index is -0.657. The van der Waals surface area contributed by atoms with Crippen LogP contribution in [0.15, 0.2) is 0 Å². The van der Waals surface area contributed by atoms with Crippen molar-refractivity contribution in [3.8, 4) is 0 Å². The highest BCUT2D eigenvalue weighted by Crippen LogP contribution is 2.78. The molecule has 0 spiro atoms. The number of carbonyl (C=O) groups excluding carboxylic acids is 1. The Morgan fingerprint density at radius 3 is 2.62 bits per heavy atom. The zero-order valence-corrected chi connectivity index (χ0v) is 14.9. The van der Waals surface area contributed by atoms with E-state index in [0.29, 0.717) is 53.6 Å². The standard InChI is InChI=1S/C21H30O3/c1-19-5-4-14-16(17(19)11-7-12(11)18(19)23)13-8-15(13)21(24)9-10(22)3-6-20(14,21)2/h10-17,22,24H,3-9H2,1-2H3/t10-,11+,12-,13-,14-,15-,16+,17-,19-,20+,21+/m0/s1. The lowest BCUT2D eigenvalue weighted by molar-refractivity contribution is -0.225. The Kier molecular flexibility index (Phi) is 2.43. The van der Waals surface area contributed by atoms with Crippen LogP contribution in [0.25, 0.3) is 0 Å². The van der Waals surface area contributed by atoms with Gasteiger partial charge in [-0.05, 0) is 79.4 Å². The van der Waals surface area contributed by atoms with Gasteiger partial charge in [-0.1, -0.05) is 13.8 Å². The van der Waals surface area contributed by atoms with Crippen molar-refractivity contribution < 1.29 is 15.0 Å². The fraction of sp³-hybridized carbons (Fsp3) is 0.952. The van der Waals surface area contributed by atoms with Gasteiger partial charge in [0.05, 0.1) is 11.7 Å². The Morgan fingerprint density at radius 1 is 1.04 bits per heavy atom. The van der Waals surface area contributed by atoms with Crippen LogP contribution in [0.4, 0.5) is 0 Å². The summed E-state index contributed by atoms with van der Waals surface area (Å²) in [4.78, 5) is 12.9. The zero-order chi connectivity index (χ0) is 16.6. The predicted octanol–water partition coefficient (Wildman–Crippen LogP) is 2.79. The summed E-state index contributed by atoms with van der Waals surface area (Å²) in [7, 11) is 0. The van der Waals surface area contributed by atoms with Crippen molar-refractivity contribution >= 4 is 5.78 Å². The first-order chi connectivity index (χ1) is 11.3. The summed E-state index contributed by atoms with van der Waals surface area (Å²) < 4.78 is 0. The highest BCUT2D eigenvalue weighted by Gasteiger charge is 2.78. The Hall–Kier alpha value is -0.410. The van der Waals surface area contributed by atoms with E-state index >= 15 is 0 Å². The van der Waals surface area contributed by atoms with E-state index in [9.17, 15) is 15.0 Å². The second-order valence-corrected chi connectivity index (χ2v) is 10.8. The normalized spacial score (nSPS) is 69.1. The highest BCUT2D eigenvalue weighted by atomic mass is 16.3. The van der Waals surface area contributed by atoms with Crippen molar-refractivity contribution in [1.29, 1.82) is 0 Å². The SMILES string of the molecule is C[C@]12CC[C@H]3[C@@H]([C@H]4C[C@@H]4[C@]4(O)C[C@@H](O)CC[C@]34C)[C@@H]1[C@@H]1C[C@@H]1C2=O. The van der Waals surface area contributed by atoms with Crippen molar-refractivity contribution in [2.45, 2.75) is 70.5 Å². The first-order valence-electron chi connectivity index (χ1n) is 10.3. The molecule has 132 valence electrons. The van der Waals surface area contributed by atoms with Gasteiger partial charge in [0.25, 0.3) is 0 Å². The molecule has 0 unspecified atom stereocenters. The fourth-order valence-electron chi connectivity index (χ4n) is 8.83. The van der Waals surface area contributed by atoms with Crippen molar-refractivity contribution in [1.82, 2.24) is 0 Å². The summed E-state index contributed by atoms with van der Waals surface area (Å²) in [6.45, 7) is 4.60. The second-order valence-electron chi connectivity index (χ2n) is 10.8. The van der Waals surface area contributed by atoms with Crippen LogP contribution in [0.5, 0.6) is 0 Å². The lowest BCUT2D eigenvalue weighted by Crippen LogP contribution is -2.64. The molecule has 2 N–H and O–H groups in total. The molecule has 0 amide bonds. The molecule has 24 heavy (non-hydrogen) atoms. The van der Waals surface area contributed by atoms with Gasteiger partial charge in [-0.2, -0.15) is 0 Å². The summed E-state index contributed by atoms with van der Waals surface area (Å²) >= 11 is 0. The van der Waals surface area contributed by atoms with Crippen molar-refractivity contribution in [2.24, 2.45) is 52.3 Å². The van der Waals surface area contributed by atoms with Gasteiger partial charge >= 0.3 is 0 Å². The third-order valence-electron chi connectivity index (χ3n) is 10.1. The molecule has 0 radical (unpaired) electrons. The van der Waals surface area contributed by atoms with Crippen LogP contribution < -0.4 is 0 Å². The lowest BCUT2D eigenvalue weighted by atomic mass is 9.43. The van der Waals surface area contributed by atoms with Crippen molar-refractivity contribution in [3.05, 3.63) is 0 Å². The monoisotopic (exact) mass is 330 g/mol. The number of hydrogen-bond acceptors (Lipinski definition) is 3. The molecule has 6 aliphatic carbocycles. The van der Waals surface area contributed by atoms with Crippen molar-refractivity contribution in [3.63, 3.8) is 0 Å². The molecule has 0 aromatic carbocycles. The van der Waals surface area contributed by atoms with E-state index in [0.717, 1.165) is 38.5 Å². The Labute approximate surface area is 144 Å². The van der Waals surface area contributed by atoms with Gasteiger partial charge in [0, 0.05) is 17.8 Å². The van der Waals surface area contributed by atoms with Gasteiger partial charge in [0.15, 0.2) is 0 Å². The minimum absolute atomic E-state index is 0.0497. The summed E-state index contributed by atoms with van der Waals surface area (Å²) in [5.74, 6) is 4.46. The molecule has 0 aromatic rings. The number of carbonyl (C=O) groups is 1. The van der Waals surface area contributed by atoms with Crippen LogP contribution in [-0.4, -0.2) is 27.7 Å². The van der Waals surface area contributed by atoms with Gasteiger partial charge in [0.2, 0.25) is 0 Å². The Balaban J connectivity index is 1.45. The molecule has 3 nitrogen and oxygen atoms in total. The van der Waals surface area contributed by atoms with Gasteiger partial charge < -0.3 is 10.2 Å². The molecule has 0 aromatic heterocycles. The minimum Gasteiger partial charge on any atom is -0.393 e. The molecule has 6 rings (SSSR count). The third kappa shape index (κ3) is 1.37. The van der Waals surface area contributed by atoms with E-state index < -0.39 is 5.60 Å². The third-order valence-corrected chi connectivity index (χ3v) is 10.1. The number of ketones is 1. The maximum Gasteiger partial charge on any atom is 0.142 e. The Morgan fingerprint density at radius 2 is 1.83 bits per heavy atom. The first kappa shape index (κ1) is 14.7. The van der Waals surface area contributed by atoms with Crippen LogP contribution in [-0.2, 0) is 4.79 Å². The molecular formula is C21H30O3. The van der Waals surface area contributed by atoms with E-state index in [-0.39, 0.29) is 16.9 Å². The quantitative estimate of drug-likeness (QED) is 0.718. The average Bonchev–Trinajstić information content (AvgIpc) is 3.41. The predicted molar refractivity (Wildman–Crippen MR) is 88.9 cm³/mol. The molecular weight excluding hydrogens is 300 g/mol. The van der Waals surface area contributed by atoms with Crippen LogP contribution in [0.1, 0.15) is 58.8 Å². The lowest BCUT2D eigenvalue weighted by Gasteiger charge is -2.63. The molecule has 0 aliphatic heterocycles. The van der Waals surface area contributed by atoms with Gasteiger partial charge in [0.1, 0.15) is 5.78 Å². The molecule has 6 aliphatic rings. The van der Waals surface area contributed by atoms with Crippen LogP contribution in [0.3, 0.4) is 0 Å². The Bertz CT molecular complexity index is 645. The summed E-state index contributed by atoms with van der Waals surface area (Å²) in [5.41, 5.74) is -0.760. The molecule has 0 saturated heterocycles. The molecule has 6 fully saturated rings. The molecule has 0 heterocycles. The number of hydrogen-bond donors (Lipinski definition) is 2. The van der Waals surface area contributed by atoms with E-state index in [4.69, 9.17) is 0 Å². The number of aliphatic hydroxyl groups is 2. The van der Waals surface area contributed by atoms with E-state index in [2.05, 4.69) is 13.8 Å². The van der Waals surface area contributed by atoms with Gasteiger partial charge in [-0.3, -0.25) is 4.79 Å². The average molecular weight is 330 g/mol. The van der Waals surface area contributed by atoms with E-state index in [1.807, 2.05) is 0 Å². The van der Waals surface area contributed by atoms with E-state index in [1.165, 1.54) is 0 Å². The van der Waals surface area contributed by atoms with E-state index in [1.54, 1.807) is 0 Å². The van der Waals surface area contributed by atoms with Crippen molar-refractivity contribution in [2.75, 3.05) is 0 Å². The summed E-state index contributed by atoms with van der Waals surface area (Å²) in [6.07, 6.45) is 6.50. The number of rotatable bonds is 0. The van der Waals surface area contributed by atoms with Crippen LogP contribution >= 0.6 is 0 Å². The van der Waals surface area contributed by atoms with Gasteiger partial charge in [-0.25, -0.2) is 0 Å². The number of fused-ring (bicyclic) bond motifs is 10. The number of Topliss-reactive ketones (excluding diaryl/α,β-unsaturated/α-hetero) is 1. The molecule has 6 saturated carbocycles. The smallest absolute Gasteiger partial charge is 0.142 e. The highest BCUT2D eigenvalue weighted by molar-refractivity contribution is 5.92. The topological polar surface area (TPSA) is 57.5 Å². The largest absolute Gasteiger partial charge is 0.393 e. The maximum absolute atomic E-state index is 12.9. The summed E-state index contributed by atoms with van der Waals surface area (Å²) in [5, 5.41) is 21.9. The first-order valence-corrected chi connectivity index (χ1v) is 10.3. The maximum atomic E-state index is 12.9. The zero-order valence-electron chi connectivity index (χ0n) is 14.9. The van der Waals surface area contributed by atoms with Crippen LogP contribution in [0.2, 0.25) is 0 Å². The molecule has 3 heteroatoms. The number of aliphatic hydroxyl groups excluding tert-OH is 1. The molecule has 0 bridgehead atoms. The molecule has 11 atom stereocenters. The second kappa shape index (κ2) is 3.96.